The SMILES string of the molecule is Cc1c(C(=O)O)c(-c2cccc(N3CCN(c4ccc(NS(=O)(=O)c5ccc(NC(CCN6CCC(COP(=O)(O)O)CC6)CSc6ccccc6)c(S(C)(=O)=O)c5)cc4)CC3)c2)c(-c2ccc(Cl)cc2)n1C(C)C. The van der Waals surface area contributed by atoms with Crippen LogP contribution in [0.3, 0.4) is 0 Å². The summed E-state index contributed by atoms with van der Waals surface area (Å²) in [6.07, 6.45) is 3.15. The van der Waals surface area contributed by atoms with Crippen LogP contribution < -0.4 is 19.8 Å². The van der Waals surface area contributed by atoms with E-state index in [4.69, 9.17) is 25.9 Å². The number of carboxylic acids is 1. The minimum Gasteiger partial charge on any atom is -0.478 e. The number of benzene rings is 5. The molecule has 0 aliphatic carbocycles. The summed E-state index contributed by atoms with van der Waals surface area (Å²) in [5, 5.41) is 14.6. The predicted molar refractivity (Wildman–Crippen MR) is 300 cm³/mol. The van der Waals surface area contributed by atoms with Gasteiger partial charge in [-0.1, -0.05) is 54.1 Å². The van der Waals surface area contributed by atoms with E-state index in [1.165, 1.54) is 18.2 Å². The summed E-state index contributed by atoms with van der Waals surface area (Å²) in [7, 11) is -12.7. The van der Waals surface area contributed by atoms with Crippen molar-refractivity contribution in [2.45, 2.75) is 66.8 Å². The Balaban J connectivity index is 0.923. The monoisotopic (exact) mass is 1120 g/mol. The number of aromatic nitrogens is 1. The highest BCUT2D eigenvalue weighted by Gasteiger charge is 2.30. The Labute approximate surface area is 449 Å². The number of hydrogen-bond donors (Lipinski definition) is 5. The summed E-state index contributed by atoms with van der Waals surface area (Å²) in [6, 6.07) is 36.3. The third-order valence-corrected chi connectivity index (χ3v) is 18.2. The molecule has 3 heterocycles. The lowest BCUT2D eigenvalue weighted by atomic mass is 9.96. The maximum Gasteiger partial charge on any atom is 0.469 e. The standard InChI is InChI=1S/C54H64ClN6O10PS3/c1-37(2)61-38(3)51(54(62)63)52(53(61)40-13-15-42(55)16-14-40)41-9-8-10-46(33-41)60-31-29-59(30-32-60)45-19-17-43(18-20-45)57-75(69,70)48-21-22-49(50(34-48)74(4,67)68)56-44(36-73-47-11-6-5-7-12-47)25-28-58-26-23-39(24-27-58)35-71-72(64,65)66/h5-22,33-34,37,39,44,56-57H,23-32,35-36H2,1-4H3,(H,62,63)(H2,64,65,66). The second-order valence-electron chi connectivity index (χ2n) is 19.4. The van der Waals surface area contributed by atoms with Crippen molar-refractivity contribution in [3.8, 4) is 22.4 Å². The number of sulfonamides is 1. The fraction of sp³-hybridized carbons (Fsp3) is 0.352. The van der Waals surface area contributed by atoms with E-state index in [9.17, 15) is 31.3 Å². The normalized spacial score (nSPS) is 15.6. The Hall–Kier alpha value is -5.34. The summed E-state index contributed by atoms with van der Waals surface area (Å²) >= 11 is 7.90. The molecule has 2 fully saturated rings. The number of carbonyl (C=O) groups is 1. The fourth-order valence-corrected chi connectivity index (χ4v) is 13.5. The molecule has 1 unspecified atom stereocenters. The van der Waals surface area contributed by atoms with E-state index in [0.29, 0.717) is 72.6 Å². The van der Waals surface area contributed by atoms with Crippen molar-refractivity contribution in [1.29, 1.82) is 0 Å². The van der Waals surface area contributed by atoms with Crippen LogP contribution in [0.25, 0.3) is 22.4 Å². The van der Waals surface area contributed by atoms with Crippen molar-refractivity contribution in [3.05, 3.63) is 138 Å². The van der Waals surface area contributed by atoms with Gasteiger partial charge in [-0.3, -0.25) is 9.25 Å². The molecule has 400 valence electrons. The molecular formula is C54H64ClN6O10PS3. The summed E-state index contributed by atoms with van der Waals surface area (Å²) in [5.74, 6) is -0.355. The molecule has 5 N–H and O–H groups in total. The smallest absolute Gasteiger partial charge is 0.469 e. The molecule has 0 bridgehead atoms. The first-order valence-electron chi connectivity index (χ1n) is 24.8. The molecule has 1 atom stereocenters. The van der Waals surface area contributed by atoms with Crippen molar-refractivity contribution in [2.24, 2.45) is 5.92 Å². The van der Waals surface area contributed by atoms with Gasteiger partial charge in [0.25, 0.3) is 10.0 Å². The Morgan fingerprint density at radius 3 is 2.08 bits per heavy atom. The van der Waals surface area contributed by atoms with E-state index in [-0.39, 0.29) is 40.0 Å². The number of thioether (sulfide) groups is 1. The zero-order chi connectivity index (χ0) is 53.7. The highest BCUT2D eigenvalue weighted by atomic mass is 35.5. The van der Waals surface area contributed by atoms with Gasteiger partial charge in [0, 0.05) is 95.1 Å². The second kappa shape index (κ2) is 23.9. The van der Waals surface area contributed by atoms with Crippen LogP contribution >= 0.6 is 31.2 Å². The maximum absolute atomic E-state index is 13.9. The predicted octanol–water partition coefficient (Wildman–Crippen LogP) is 10.4. The van der Waals surface area contributed by atoms with Gasteiger partial charge in [-0.05, 0) is 149 Å². The van der Waals surface area contributed by atoms with Crippen molar-refractivity contribution in [3.63, 3.8) is 0 Å². The van der Waals surface area contributed by atoms with Crippen LogP contribution in [0.15, 0.2) is 136 Å². The molecular weight excluding hydrogens is 1060 g/mol. The number of piperazine rings is 1. The average molecular weight is 1120 g/mol. The van der Waals surface area contributed by atoms with Crippen LogP contribution in [0, 0.1) is 12.8 Å². The third kappa shape index (κ3) is 14.2. The van der Waals surface area contributed by atoms with Crippen molar-refractivity contribution < 1.29 is 45.6 Å². The average Bonchev–Trinajstić information content (AvgIpc) is 3.70. The number of likely N-dealkylation sites (tertiary alicyclic amines) is 1. The first-order chi connectivity index (χ1) is 35.6. The lowest BCUT2D eigenvalue weighted by Gasteiger charge is -2.37. The summed E-state index contributed by atoms with van der Waals surface area (Å²) in [5.41, 5.74) is 6.58. The first kappa shape index (κ1) is 55.9. The van der Waals surface area contributed by atoms with E-state index >= 15 is 0 Å². The van der Waals surface area contributed by atoms with Gasteiger partial charge in [-0.15, -0.1) is 11.8 Å². The molecule has 2 aliphatic heterocycles. The largest absolute Gasteiger partial charge is 0.478 e. The topological polar surface area (TPSA) is 211 Å². The minimum atomic E-state index is -4.54. The number of phosphoric ester groups is 1. The number of carboxylic acid groups (broad SMARTS) is 1. The number of rotatable bonds is 21. The van der Waals surface area contributed by atoms with Crippen LogP contribution in [0.4, 0.5) is 22.7 Å². The van der Waals surface area contributed by atoms with Crippen LogP contribution in [0.5, 0.6) is 0 Å². The number of piperidine rings is 1. The van der Waals surface area contributed by atoms with Gasteiger partial charge in [0.2, 0.25) is 0 Å². The molecule has 6 aromatic rings. The molecule has 75 heavy (non-hydrogen) atoms. The molecule has 0 saturated carbocycles. The highest BCUT2D eigenvalue weighted by molar-refractivity contribution is 7.99. The van der Waals surface area contributed by atoms with Crippen LogP contribution in [0.1, 0.15) is 55.2 Å². The van der Waals surface area contributed by atoms with Gasteiger partial charge < -0.3 is 39.5 Å². The molecule has 0 radical (unpaired) electrons. The second-order valence-corrected chi connectivity index (χ2v) is 25.8. The number of sulfone groups is 1. The molecule has 5 aromatic carbocycles. The zero-order valence-electron chi connectivity index (χ0n) is 42.3. The first-order valence-corrected chi connectivity index (χ1v) is 31.1. The summed E-state index contributed by atoms with van der Waals surface area (Å²) in [6.45, 7) is 10.8. The van der Waals surface area contributed by atoms with Gasteiger partial charge in [-0.25, -0.2) is 26.2 Å². The van der Waals surface area contributed by atoms with Crippen LogP contribution in [-0.2, 0) is 28.9 Å². The molecule has 0 amide bonds. The Bertz CT molecular complexity index is 3230. The van der Waals surface area contributed by atoms with E-state index < -0.39 is 33.7 Å². The number of phosphoric acid groups is 1. The number of aromatic carboxylic acids is 1. The van der Waals surface area contributed by atoms with Crippen molar-refractivity contribution in [1.82, 2.24) is 9.47 Å². The molecule has 16 nitrogen and oxygen atoms in total. The van der Waals surface area contributed by atoms with E-state index in [2.05, 4.69) is 35.4 Å². The molecule has 0 spiro atoms. The van der Waals surface area contributed by atoms with Gasteiger partial charge in [0.1, 0.15) is 0 Å². The molecule has 8 rings (SSSR count). The van der Waals surface area contributed by atoms with Crippen molar-refractivity contribution >= 4 is 79.8 Å². The number of halogens is 1. The van der Waals surface area contributed by atoms with Gasteiger partial charge >= 0.3 is 13.8 Å². The maximum atomic E-state index is 13.9. The van der Waals surface area contributed by atoms with E-state index in [0.717, 1.165) is 65.3 Å². The Kier molecular flexibility index (Phi) is 17.8. The number of nitrogens with one attached hydrogen (secondary N) is 2. The minimum absolute atomic E-state index is 0.000759. The Morgan fingerprint density at radius 1 is 0.813 bits per heavy atom. The van der Waals surface area contributed by atoms with Gasteiger partial charge in [-0.2, -0.15) is 0 Å². The van der Waals surface area contributed by atoms with Crippen LogP contribution in [0.2, 0.25) is 5.02 Å². The summed E-state index contributed by atoms with van der Waals surface area (Å²) < 4.78 is 75.2. The fourth-order valence-electron chi connectivity index (χ4n) is 9.97. The Morgan fingerprint density at radius 2 is 1.47 bits per heavy atom. The number of nitrogens with zero attached hydrogens (tertiary/aromatic N) is 4. The highest BCUT2D eigenvalue weighted by Crippen LogP contribution is 2.43. The quantitative estimate of drug-likeness (QED) is 0.0335. The van der Waals surface area contributed by atoms with Gasteiger partial charge in [0.05, 0.1) is 33.3 Å². The van der Waals surface area contributed by atoms with E-state index in [1.807, 2.05) is 106 Å². The van der Waals surface area contributed by atoms with Gasteiger partial charge in [0.15, 0.2) is 9.84 Å². The summed E-state index contributed by atoms with van der Waals surface area (Å²) in [4.78, 5) is 38.6. The zero-order valence-corrected chi connectivity index (χ0v) is 46.4. The van der Waals surface area contributed by atoms with E-state index in [1.54, 1.807) is 23.9 Å². The van der Waals surface area contributed by atoms with Crippen molar-refractivity contribution in [2.75, 3.05) is 84.3 Å². The molecule has 2 saturated heterocycles. The molecule has 2 aliphatic rings. The third-order valence-electron chi connectivity index (χ3n) is 13.8. The lowest BCUT2D eigenvalue weighted by Crippen LogP contribution is -2.46. The molecule has 21 heteroatoms. The van der Waals surface area contributed by atoms with Crippen LogP contribution in [-0.4, -0.2) is 118 Å². The number of anilines is 4. The molecule has 1 aromatic heterocycles. The number of hydrogen-bond acceptors (Lipinski definition) is 12. The lowest BCUT2D eigenvalue weighted by molar-refractivity contribution is 0.0696.